The minimum absolute atomic E-state index is 0.0606. The minimum atomic E-state index is -0.805. The summed E-state index contributed by atoms with van der Waals surface area (Å²) in [7, 11) is 0. The van der Waals surface area contributed by atoms with Gasteiger partial charge in [-0.3, -0.25) is 9.48 Å². The van der Waals surface area contributed by atoms with Crippen molar-refractivity contribution in [3.63, 3.8) is 0 Å². The fourth-order valence-electron chi connectivity index (χ4n) is 2.18. The number of carboxylic acids is 1. The van der Waals surface area contributed by atoms with Crippen LogP contribution in [0.15, 0.2) is 35.4 Å². The van der Waals surface area contributed by atoms with Crippen LogP contribution in [0.2, 0.25) is 0 Å². The summed E-state index contributed by atoms with van der Waals surface area (Å²) in [5.74, 6) is -0.745. The first-order valence-electron chi connectivity index (χ1n) is 7.05. The first-order valence-corrected chi connectivity index (χ1v) is 8.04. The van der Waals surface area contributed by atoms with Crippen LogP contribution in [0.1, 0.15) is 30.2 Å². The second-order valence-corrected chi connectivity index (χ2v) is 6.05. The van der Waals surface area contributed by atoms with Crippen LogP contribution in [-0.4, -0.2) is 26.6 Å². The molecule has 0 aliphatic heterocycles. The average Bonchev–Trinajstić information content (AvgIpc) is 2.79. The van der Waals surface area contributed by atoms with E-state index in [0.29, 0.717) is 6.54 Å². The quantitative estimate of drug-likeness (QED) is 0.797. The van der Waals surface area contributed by atoms with Gasteiger partial charge in [0.1, 0.15) is 0 Å². The molecule has 1 aromatic heterocycles. The predicted molar refractivity (Wildman–Crippen MR) is 84.9 cm³/mol. The molecule has 4 nitrogen and oxygen atoms in total. The maximum atomic E-state index is 10.8. The molecule has 0 bridgehead atoms. The Hall–Kier alpha value is -1.75. The number of nitrogens with zero attached hydrogens (tertiary/aromatic N) is 2. The van der Waals surface area contributed by atoms with Gasteiger partial charge in [-0.1, -0.05) is 54.9 Å². The molecule has 21 heavy (non-hydrogen) atoms. The Morgan fingerprint density at radius 1 is 1.38 bits per heavy atom. The first-order chi connectivity index (χ1) is 10.1. The van der Waals surface area contributed by atoms with E-state index in [1.807, 2.05) is 16.8 Å². The number of aryl methyl sites for hydroxylation is 2. The van der Waals surface area contributed by atoms with Crippen molar-refractivity contribution in [1.29, 1.82) is 0 Å². The number of carbonyl (C=O) groups is 1. The number of carboxylic acid groups (broad SMARTS) is 1. The molecule has 1 heterocycles. The van der Waals surface area contributed by atoms with Crippen molar-refractivity contribution in [2.24, 2.45) is 0 Å². The molecule has 0 saturated heterocycles. The molecule has 0 saturated carbocycles. The summed E-state index contributed by atoms with van der Waals surface area (Å²) in [6, 6.07) is 10.3. The monoisotopic (exact) mass is 304 g/mol. The highest BCUT2D eigenvalue weighted by Crippen LogP contribution is 2.21. The van der Waals surface area contributed by atoms with E-state index in [4.69, 9.17) is 5.11 Å². The smallest absolute Gasteiger partial charge is 0.313 e. The third-order valence-corrected chi connectivity index (χ3v) is 4.07. The van der Waals surface area contributed by atoms with E-state index in [2.05, 4.69) is 37.1 Å². The summed E-state index contributed by atoms with van der Waals surface area (Å²) in [5.41, 5.74) is 3.42. The van der Waals surface area contributed by atoms with Gasteiger partial charge in [0.25, 0.3) is 0 Å². The van der Waals surface area contributed by atoms with E-state index in [1.54, 1.807) is 0 Å². The lowest BCUT2D eigenvalue weighted by Crippen LogP contribution is -2.06. The van der Waals surface area contributed by atoms with Crippen LogP contribution in [0.25, 0.3) is 0 Å². The molecular weight excluding hydrogens is 284 g/mol. The fourth-order valence-corrected chi connectivity index (χ4v) is 2.92. The standard InChI is InChI=1S/C16H20N2O2S/c1-3-5-14-9-15(21-11-16(19)20)18(17-14)10-13-7-4-6-12(2)8-13/h4,6-9H,3,5,10-11H2,1-2H3,(H,19,20). The Bertz CT molecular complexity index is 622. The van der Waals surface area contributed by atoms with E-state index >= 15 is 0 Å². The lowest BCUT2D eigenvalue weighted by Gasteiger charge is -2.07. The van der Waals surface area contributed by atoms with Gasteiger partial charge in [-0.2, -0.15) is 5.10 Å². The number of aliphatic carboxylic acids is 1. The molecule has 2 aromatic rings. The first kappa shape index (κ1) is 15.6. The second-order valence-electron chi connectivity index (χ2n) is 5.05. The fraction of sp³-hybridized carbons (Fsp3) is 0.375. The van der Waals surface area contributed by atoms with Crippen molar-refractivity contribution in [2.45, 2.75) is 38.3 Å². The van der Waals surface area contributed by atoms with E-state index in [9.17, 15) is 4.79 Å². The van der Waals surface area contributed by atoms with Crippen molar-refractivity contribution >= 4 is 17.7 Å². The molecule has 0 aliphatic rings. The Labute approximate surface area is 129 Å². The Balaban J connectivity index is 2.20. The van der Waals surface area contributed by atoms with Gasteiger partial charge < -0.3 is 5.11 Å². The van der Waals surface area contributed by atoms with Crippen molar-refractivity contribution in [2.75, 3.05) is 5.75 Å². The van der Waals surface area contributed by atoms with Crippen LogP contribution in [0, 0.1) is 6.92 Å². The Kier molecular flexibility index (Phi) is 5.44. The molecule has 5 heteroatoms. The highest BCUT2D eigenvalue weighted by Gasteiger charge is 2.10. The SMILES string of the molecule is CCCc1cc(SCC(=O)O)n(Cc2cccc(C)c2)n1. The zero-order chi connectivity index (χ0) is 15.2. The van der Waals surface area contributed by atoms with Crippen molar-refractivity contribution in [1.82, 2.24) is 9.78 Å². The second kappa shape index (κ2) is 7.31. The number of hydrogen-bond acceptors (Lipinski definition) is 3. The van der Waals surface area contributed by atoms with Crippen LogP contribution in [0.5, 0.6) is 0 Å². The molecular formula is C16H20N2O2S. The molecule has 1 N–H and O–H groups in total. The van der Waals surface area contributed by atoms with Gasteiger partial charge in [-0.05, 0) is 25.0 Å². The number of benzene rings is 1. The lowest BCUT2D eigenvalue weighted by atomic mass is 10.1. The molecule has 1 aromatic carbocycles. The Morgan fingerprint density at radius 2 is 2.19 bits per heavy atom. The highest BCUT2D eigenvalue weighted by atomic mass is 32.2. The van der Waals surface area contributed by atoms with Gasteiger partial charge >= 0.3 is 5.97 Å². The predicted octanol–water partition coefficient (Wildman–Crippen LogP) is 3.37. The maximum absolute atomic E-state index is 10.8. The molecule has 0 fully saturated rings. The molecule has 0 aliphatic carbocycles. The molecule has 112 valence electrons. The van der Waals surface area contributed by atoms with E-state index in [0.717, 1.165) is 23.6 Å². The minimum Gasteiger partial charge on any atom is -0.481 e. The molecule has 2 rings (SSSR count). The molecule has 0 amide bonds. The summed E-state index contributed by atoms with van der Waals surface area (Å²) in [4.78, 5) is 10.8. The van der Waals surface area contributed by atoms with Crippen molar-refractivity contribution in [3.8, 4) is 0 Å². The van der Waals surface area contributed by atoms with Gasteiger partial charge in [0.15, 0.2) is 0 Å². The molecule has 0 unspecified atom stereocenters. The lowest BCUT2D eigenvalue weighted by molar-refractivity contribution is -0.133. The zero-order valence-corrected chi connectivity index (χ0v) is 13.2. The number of thioether (sulfide) groups is 1. The van der Waals surface area contributed by atoms with Crippen molar-refractivity contribution < 1.29 is 9.90 Å². The zero-order valence-electron chi connectivity index (χ0n) is 12.4. The summed E-state index contributed by atoms with van der Waals surface area (Å²) >= 11 is 1.33. The normalized spacial score (nSPS) is 10.8. The van der Waals surface area contributed by atoms with Crippen molar-refractivity contribution in [3.05, 3.63) is 47.2 Å². The third kappa shape index (κ3) is 4.63. The van der Waals surface area contributed by atoms with Gasteiger partial charge in [-0.15, -0.1) is 0 Å². The topological polar surface area (TPSA) is 55.1 Å². The van der Waals surface area contributed by atoms with Gasteiger partial charge in [0.05, 0.1) is 23.0 Å². The third-order valence-electron chi connectivity index (χ3n) is 3.06. The molecule has 0 atom stereocenters. The van der Waals surface area contributed by atoms with Crippen LogP contribution >= 0.6 is 11.8 Å². The van der Waals surface area contributed by atoms with E-state index < -0.39 is 5.97 Å². The van der Waals surface area contributed by atoms with Gasteiger partial charge in [0.2, 0.25) is 0 Å². The average molecular weight is 304 g/mol. The van der Waals surface area contributed by atoms with Crippen LogP contribution < -0.4 is 0 Å². The number of rotatable bonds is 7. The summed E-state index contributed by atoms with van der Waals surface area (Å²) in [6.45, 7) is 4.85. The summed E-state index contributed by atoms with van der Waals surface area (Å²) < 4.78 is 1.91. The van der Waals surface area contributed by atoms with Crippen LogP contribution in [-0.2, 0) is 17.8 Å². The van der Waals surface area contributed by atoms with Gasteiger partial charge in [-0.25, -0.2) is 0 Å². The van der Waals surface area contributed by atoms with E-state index in [-0.39, 0.29) is 5.75 Å². The molecule has 0 radical (unpaired) electrons. The van der Waals surface area contributed by atoms with Crippen LogP contribution in [0.3, 0.4) is 0 Å². The molecule has 0 spiro atoms. The number of aromatic nitrogens is 2. The summed E-state index contributed by atoms with van der Waals surface area (Å²) in [5, 5.41) is 14.4. The summed E-state index contributed by atoms with van der Waals surface area (Å²) in [6.07, 6.45) is 1.95. The maximum Gasteiger partial charge on any atom is 0.313 e. The van der Waals surface area contributed by atoms with Gasteiger partial charge in [0, 0.05) is 0 Å². The Morgan fingerprint density at radius 3 is 2.86 bits per heavy atom. The largest absolute Gasteiger partial charge is 0.481 e. The van der Waals surface area contributed by atoms with Crippen LogP contribution in [0.4, 0.5) is 0 Å². The highest BCUT2D eigenvalue weighted by molar-refractivity contribution is 7.99. The van der Waals surface area contributed by atoms with E-state index in [1.165, 1.54) is 22.9 Å². The number of hydrogen-bond donors (Lipinski definition) is 1.